The van der Waals surface area contributed by atoms with Gasteiger partial charge in [-0.1, -0.05) is 31.5 Å². The Balaban J connectivity index is 1.95. The zero-order valence-electron chi connectivity index (χ0n) is 17.2. The van der Waals surface area contributed by atoms with Gasteiger partial charge in [0.2, 0.25) is 0 Å². The van der Waals surface area contributed by atoms with Crippen LogP contribution in [0.5, 0.6) is 5.75 Å². The molecule has 7 nitrogen and oxygen atoms in total. The van der Waals surface area contributed by atoms with E-state index < -0.39 is 0 Å². The van der Waals surface area contributed by atoms with Gasteiger partial charge in [0.25, 0.3) is 0 Å². The first kappa shape index (κ1) is 20.7. The second kappa shape index (κ2) is 10.5. The molecule has 2 rings (SSSR count). The number of likely N-dealkylation sites (N-methyl/N-ethyl adjacent to an activating group) is 1. The van der Waals surface area contributed by atoms with E-state index in [2.05, 4.69) is 40.3 Å². The molecular weight excluding hydrogens is 340 g/mol. The molecule has 0 unspecified atom stereocenters. The van der Waals surface area contributed by atoms with Crippen LogP contribution in [0.4, 0.5) is 0 Å². The van der Waals surface area contributed by atoms with Crippen LogP contribution in [-0.4, -0.2) is 52.4 Å². The molecule has 0 atom stereocenters. The van der Waals surface area contributed by atoms with Crippen molar-refractivity contribution >= 4 is 5.96 Å². The zero-order chi connectivity index (χ0) is 19.6. The summed E-state index contributed by atoms with van der Waals surface area (Å²) < 4.78 is 7.88. The van der Waals surface area contributed by atoms with E-state index in [1.165, 1.54) is 0 Å². The van der Waals surface area contributed by atoms with E-state index in [1.54, 1.807) is 0 Å². The first-order valence-corrected chi connectivity index (χ1v) is 9.55. The van der Waals surface area contributed by atoms with Crippen LogP contribution in [-0.2, 0) is 13.6 Å². The number of hydrogen-bond acceptors (Lipinski definition) is 4. The second-order valence-corrected chi connectivity index (χ2v) is 6.68. The van der Waals surface area contributed by atoms with Crippen molar-refractivity contribution in [2.45, 2.75) is 40.2 Å². The third-order valence-electron chi connectivity index (χ3n) is 4.51. The SMILES string of the molecule is CCCCNC(=NCc1nnc(C)n1C)N(C)CCOc1ccccc1C. The molecule has 0 aliphatic heterocycles. The summed E-state index contributed by atoms with van der Waals surface area (Å²) in [6.45, 7) is 8.91. The lowest BCUT2D eigenvalue weighted by atomic mass is 10.2. The number of hydrogen-bond donors (Lipinski definition) is 1. The van der Waals surface area contributed by atoms with E-state index in [0.29, 0.717) is 13.2 Å². The molecule has 0 aliphatic rings. The van der Waals surface area contributed by atoms with Crippen molar-refractivity contribution in [2.75, 3.05) is 26.7 Å². The zero-order valence-corrected chi connectivity index (χ0v) is 17.2. The normalized spacial score (nSPS) is 11.5. The van der Waals surface area contributed by atoms with Crippen molar-refractivity contribution in [3.63, 3.8) is 0 Å². The van der Waals surface area contributed by atoms with Crippen LogP contribution in [0.1, 0.15) is 37.0 Å². The predicted octanol–water partition coefficient (Wildman–Crippen LogP) is 2.69. The molecule has 1 aromatic carbocycles. The fourth-order valence-corrected chi connectivity index (χ4v) is 2.54. The Morgan fingerprint density at radius 1 is 1.26 bits per heavy atom. The van der Waals surface area contributed by atoms with Gasteiger partial charge >= 0.3 is 0 Å². The standard InChI is InChI=1S/C20H32N6O/c1-6-7-12-21-20(22-15-19-24-23-17(3)26(19)5)25(4)13-14-27-18-11-9-8-10-16(18)2/h8-11H,6-7,12-15H2,1-5H3,(H,21,22). The van der Waals surface area contributed by atoms with Crippen LogP contribution in [0.3, 0.4) is 0 Å². The van der Waals surface area contributed by atoms with Crippen molar-refractivity contribution in [3.8, 4) is 5.75 Å². The number of ether oxygens (including phenoxy) is 1. The number of aryl methyl sites for hydroxylation is 2. The number of nitrogens with zero attached hydrogens (tertiary/aromatic N) is 5. The van der Waals surface area contributed by atoms with E-state index in [-0.39, 0.29) is 0 Å². The molecular formula is C20H32N6O. The van der Waals surface area contributed by atoms with Crippen LogP contribution in [0.25, 0.3) is 0 Å². The Hall–Kier alpha value is -2.57. The van der Waals surface area contributed by atoms with Crippen molar-refractivity contribution in [1.82, 2.24) is 25.0 Å². The minimum Gasteiger partial charge on any atom is -0.491 e. The van der Waals surface area contributed by atoms with Gasteiger partial charge in [0.15, 0.2) is 11.8 Å². The first-order chi connectivity index (χ1) is 13.0. The lowest BCUT2D eigenvalue weighted by molar-refractivity contribution is 0.279. The Morgan fingerprint density at radius 2 is 2.04 bits per heavy atom. The number of aromatic nitrogens is 3. The highest BCUT2D eigenvalue weighted by molar-refractivity contribution is 5.79. The van der Waals surface area contributed by atoms with Crippen molar-refractivity contribution in [3.05, 3.63) is 41.5 Å². The summed E-state index contributed by atoms with van der Waals surface area (Å²) in [6, 6.07) is 8.07. The van der Waals surface area contributed by atoms with Gasteiger partial charge in [0.05, 0.1) is 6.54 Å². The van der Waals surface area contributed by atoms with E-state index in [0.717, 1.165) is 54.9 Å². The van der Waals surface area contributed by atoms with Gasteiger partial charge in [-0.2, -0.15) is 0 Å². The van der Waals surface area contributed by atoms with Crippen LogP contribution in [0.15, 0.2) is 29.3 Å². The van der Waals surface area contributed by atoms with E-state index >= 15 is 0 Å². The molecule has 1 aromatic heterocycles. The van der Waals surface area contributed by atoms with Gasteiger partial charge in [-0.15, -0.1) is 10.2 Å². The van der Waals surface area contributed by atoms with Crippen molar-refractivity contribution < 1.29 is 4.74 Å². The Labute approximate surface area is 162 Å². The highest BCUT2D eigenvalue weighted by Crippen LogP contribution is 2.15. The fraction of sp³-hybridized carbons (Fsp3) is 0.550. The lowest BCUT2D eigenvalue weighted by Crippen LogP contribution is -2.41. The molecule has 27 heavy (non-hydrogen) atoms. The summed E-state index contributed by atoms with van der Waals surface area (Å²) in [5, 5.41) is 11.7. The van der Waals surface area contributed by atoms with Gasteiger partial charge in [0.1, 0.15) is 24.7 Å². The minimum absolute atomic E-state index is 0.495. The van der Waals surface area contributed by atoms with Crippen LogP contribution in [0.2, 0.25) is 0 Å². The first-order valence-electron chi connectivity index (χ1n) is 9.55. The Morgan fingerprint density at radius 3 is 2.70 bits per heavy atom. The number of guanidine groups is 1. The number of para-hydroxylation sites is 1. The molecule has 0 spiro atoms. The third kappa shape index (κ3) is 6.27. The number of nitrogens with one attached hydrogen (secondary N) is 1. The van der Waals surface area contributed by atoms with Crippen LogP contribution < -0.4 is 10.1 Å². The van der Waals surface area contributed by atoms with Crippen LogP contribution in [0, 0.1) is 13.8 Å². The molecule has 7 heteroatoms. The molecule has 1 heterocycles. The van der Waals surface area contributed by atoms with Gasteiger partial charge in [-0.05, 0) is 31.9 Å². The summed E-state index contributed by atoms with van der Waals surface area (Å²) in [6.07, 6.45) is 2.25. The molecule has 0 fully saturated rings. The highest BCUT2D eigenvalue weighted by atomic mass is 16.5. The summed E-state index contributed by atoms with van der Waals surface area (Å²) in [5.41, 5.74) is 1.15. The third-order valence-corrected chi connectivity index (χ3v) is 4.51. The molecule has 2 aromatic rings. The maximum atomic E-state index is 5.92. The number of unbranched alkanes of at least 4 members (excludes halogenated alkanes) is 1. The monoisotopic (exact) mass is 372 g/mol. The van der Waals surface area contributed by atoms with E-state index in [1.807, 2.05) is 43.8 Å². The summed E-state index contributed by atoms with van der Waals surface area (Å²) in [5.74, 6) is 3.53. The van der Waals surface area contributed by atoms with Crippen LogP contribution >= 0.6 is 0 Å². The second-order valence-electron chi connectivity index (χ2n) is 6.68. The highest BCUT2D eigenvalue weighted by Gasteiger charge is 2.09. The molecule has 0 amide bonds. The maximum Gasteiger partial charge on any atom is 0.194 e. The molecule has 0 aliphatic carbocycles. The molecule has 1 N–H and O–H groups in total. The fourth-order valence-electron chi connectivity index (χ4n) is 2.54. The van der Waals surface area contributed by atoms with Gasteiger partial charge in [0, 0.05) is 20.6 Å². The number of rotatable bonds is 9. The minimum atomic E-state index is 0.495. The Bertz CT molecular complexity index is 740. The topological polar surface area (TPSA) is 67.6 Å². The van der Waals surface area contributed by atoms with Gasteiger partial charge < -0.3 is 19.5 Å². The summed E-state index contributed by atoms with van der Waals surface area (Å²) >= 11 is 0. The Kier molecular flexibility index (Phi) is 8.10. The molecule has 0 radical (unpaired) electrons. The van der Waals surface area contributed by atoms with E-state index in [4.69, 9.17) is 9.73 Å². The summed E-state index contributed by atoms with van der Waals surface area (Å²) in [4.78, 5) is 6.83. The quantitative estimate of drug-likeness (QED) is 0.416. The average Bonchev–Trinajstić information content (AvgIpc) is 2.98. The predicted molar refractivity (Wildman–Crippen MR) is 109 cm³/mol. The van der Waals surface area contributed by atoms with Gasteiger partial charge in [-0.25, -0.2) is 4.99 Å². The summed E-state index contributed by atoms with van der Waals surface area (Å²) in [7, 11) is 3.99. The van der Waals surface area contributed by atoms with E-state index in [9.17, 15) is 0 Å². The largest absolute Gasteiger partial charge is 0.491 e. The molecule has 148 valence electrons. The average molecular weight is 373 g/mol. The molecule has 0 saturated carbocycles. The molecule has 0 bridgehead atoms. The maximum absolute atomic E-state index is 5.92. The lowest BCUT2D eigenvalue weighted by Gasteiger charge is -2.23. The van der Waals surface area contributed by atoms with Crippen molar-refractivity contribution in [1.29, 1.82) is 0 Å². The van der Waals surface area contributed by atoms with Crippen molar-refractivity contribution in [2.24, 2.45) is 12.0 Å². The smallest absolute Gasteiger partial charge is 0.194 e. The number of benzene rings is 1. The molecule has 0 saturated heterocycles. The number of aliphatic imine (C=N–C) groups is 1. The van der Waals surface area contributed by atoms with Gasteiger partial charge in [-0.3, -0.25) is 0 Å².